The Morgan fingerprint density at radius 3 is 2.87 bits per heavy atom. The molecule has 2 rings (SSSR count). The van der Waals surface area contributed by atoms with Crippen LogP contribution in [0.25, 0.3) is 0 Å². The van der Waals surface area contributed by atoms with Gasteiger partial charge in [0.25, 0.3) is 0 Å². The van der Waals surface area contributed by atoms with E-state index < -0.39 is 0 Å². The van der Waals surface area contributed by atoms with Crippen LogP contribution >= 0.6 is 11.3 Å². The number of hydrogen-bond acceptors (Lipinski definition) is 3. The van der Waals surface area contributed by atoms with Crippen LogP contribution in [0, 0.1) is 0 Å². The van der Waals surface area contributed by atoms with Crippen LogP contribution in [-0.2, 0) is 11.8 Å². The number of aryl methyl sites for hydroxylation is 1. The highest BCUT2D eigenvalue weighted by atomic mass is 32.1. The Balaban J connectivity index is 2.05. The van der Waals surface area contributed by atoms with E-state index in [4.69, 9.17) is 10.7 Å². The lowest BCUT2D eigenvalue weighted by atomic mass is 9.90. The molecule has 3 heteroatoms. The van der Waals surface area contributed by atoms with Gasteiger partial charge in [-0.1, -0.05) is 19.8 Å². The van der Waals surface area contributed by atoms with Crippen LogP contribution in [0.15, 0.2) is 5.38 Å². The first-order chi connectivity index (χ1) is 7.24. The zero-order chi connectivity index (χ0) is 10.7. The van der Waals surface area contributed by atoms with Crippen molar-refractivity contribution in [2.45, 2.75) is 50.9 Å². The molecular weight excluding hydrogens is 204 g/mol. The van der Waals surface area contributed by atoms with Gasteiger partial charge >= 0.3 is 0 Å². The van der Waals surface area contributed by atoms with Crippen molar-refractivity contribution in [3.63, 3.8) is 0 Å². The van der Waals surface area contributed by atoms with E-state index in [2.05, 4.69) is 12.3 Å². The van der Waals surface area contributed by atoms with Gasteiger partial charge in [-0.15, -0.1) is 11.3 Å². The van der Waals surface area contributed by atoms with Crippen molar-refractivity contribution in [1.82, 2.24) is 4.98 Å². The molecule has 1 aliphatic rings. The van der Waals surface area contributed by atoms with Gasteiger partial charge in [0.1, 0.15) is 0 Å². The normalized spacial score (nSPS) is 19.6. The quantitative estimate of drug-likeness (QED) is 0.854. The average Bonchev–Trinajstić information content (AvgIpc) is 2.84. The maximum absolute atomic E-state index is 5.51. The lowest BCUT2D eigenvalue weighted by molar-refractivity contribution is 0.487. The third-order valence-corrected chi connectivity index (χ3v) is 4.61. The largest absolute Gasteiger partial charge is 0.330 e. The van der Waals surface area contributed by atoms with E-state index in [9.17, 15) is 0 Å². The SMILES string of the molecule is CC1(c2nc(CCCN)cs2)CCCC1. The summed E-state index contributed by atoms with van der Waals surface area (Å²) in [6.07, 6.45) is 7.47. The molecule has 0 saturated heterocycles. The first kappa shape index (κ1) is 11.1. The van der Waals surface area contributed by atoms with Gasteiger partial charge in [-0.3, -0.25) is 0 Å². The van der Waals surface area contributed by atoms with Gasteiger partial charge in [0, 0.05) is 10.8 Å². The van der Waals surface area contributed by atoms with Crippen LogP contribution in [0.5, 0.6) is 0 Å². The molecule has 0 aliphatic heterocycles. The Bertz CT molecular complexity index is 313. The van der Waals surface area contributed by atoms with E-state index in [0.29, 0.717) is 5.41 Å². The fourth-order valence-corrected chi connectivity index (χ4v) is 3.43. The van der Waals surface area contributed by atoms with E-state index in [1.807, 2.05) is 11.3 Å². The molecule has 0 unspecified atom stereocenters. The second kappa shape index (κ2) is 4.62. The minimum absolute atomic E-state index is 0.381. The van der Waals surface area contributed by atoms with Crippen molar-refractivity contribution in [2.24, 2.45) is 5.73 Å². The third-order valence-electron chi connectivity index (χ3n) is 3.41. The molecule has 2 N–H and O–H groups in total. The monoisotopic (exact) mass is 224 g/mol. The van der Waals surface area contributed by atoms with Crippen molar-refractivity contribution >= 4 is 11.3 Å². The predicted octanol–water partition coefficient (Wildman–Crippen LogP) is 2.87. The molecule has 0 bridgehead atoms. The Kier molecular flexibility index (Phi) is 3.42. The highest BCUT2D eigenvalue weighted by molar-refractivity contribution is 7.09. The van der Waals surface area contributed by atoms with Crippen molar-refractivity contribution in [1.29, 1.82) is 0 Å². The highest BCUT2D eigenvalue weighted by Crippen LogP contribution is 2.41. The first-order valence-electron chi connectivity index (χ1n) is 5.89. The van der Waals surface area contributed by atoms with Crippen LogP contribution in [0.2, 0.25) is 0 Å². The minimum atomic E-state index is 0.381. The van der Waals surface area contributed by atoms with Gasteiger partial charge < -0.3 is 5.73 Å². The summed E-state index contributed by atoms with van der Waals surface area (Å²) in [5.74, 6) is 0. The molecule has 1 fully saturated rings. The van der Waals surface area contributed by atoms with E-state index in [1.54, 1.807) is 0 Å². The Labute approximate surface area is 95.9 Å². The van der Waals surface area contributed by atoms with E-state index in [1.165, 1.54) is 36.4 Å². The molecule has 0 aromatic carbocycles. The van der Waals surface area contributed by atoms with Crippen LogP contribution in [0.1, 0.15) is 49.7 Å². The topological polar surface area (TPSA) is 38.9 Å². The first-order valence-corrected chi connectivity index (χ1v) is 6.77. The van der Waals surface area contributed by atoms with Gasteiger partial charge in [0.05, 0.1) is 10.7 Å². The van der Waals surface area contributed by atoms with Crippen molar-refractivity contribution in [3.05, 3.63) is 16.1 Å². The number of nitrogens with zero attached hydrogens (tertiary/aromatic N) is 1. The molecule has 1 aromatic rings. The molecule has 1 heterocycles. The molecule has 1 saturated carbocycles. The summed E-state index contributed by atoms with van der Waals surface area (Å²) in [7, 11) is 0. The average molecular weight is 224 g/mol. The summed E-state index contributed by atoms with van der Waals surface area (Å²) >= 11 is 1.84. The van der Waals surface area contributed by atoms with Crippen molar-refractivity contribution < 1.29 is 0 Å². The van der Waals surface area contributed by atoms with Crippen LogP contribution in [0.4, 0.5) is 0 Å². The highest BCUT2D eigenvalue weighted by Gasteiger charge is 2.33. The van der Waals surface area contributed by atoms with Gasteiger partial charge in [0.15, 0.2) is 0 Å². The van der Waals surface area contributed by atoms with E-state index >= 15 is 0 Å². The Morgan fingerprint density at radius 1 is 1.47 bits per heavy atom. The van der Waals surface area contributed by atoms with Gasteiger partial charge in [-0.25, -0.2) is 4.98 Å². The van der Waals surface area contributed by atoms with Gasteiger partial charge in [0.2, 0.25) is 0 Å². The van der Waals surface area contributed by atoms with Crippen molar-refractivity contribution in [3.8, 4) is 0 Å². The maximum Gasteiger partial charge on any atom is 0.0987 e. The number of thiazole rings is 1. The molecule has 2 nitrogen and oxygen atoms in total. The molecule has 15 heavy (non-hydrogen) atoms. The van der Waals surface area contributed by atoms with E-state index in [-0.39, 0.29) is 0 Å². The molecule has 0 amide bonds. The van der Waals surface area contributed by atoms with Crippen molar-refractivity contribution in [2.75, 3.05) is 6.54 Å². The van der Waals surface area contributed by atoms with Crippen LogP contribution in [-0.4, -0.2) is 11.5 Å². The standard InChI is InChI=1S/C12H20N2S/c1-12(6-2-3-7-12)11-14-10(9-15-11)5-4-8-13/h9H,2-8,13H2,1H3. The van der Waals surface area contributed by atoms with Gasteiger partial charge in [-0.2, -0.15) is 0 Å². The minimum Gasteiger partial charge on any atom is -0.330 e. The lowest BCUT2D eigenvalue weighted by Crippen LogP contribution is -2.16. The molecule has 1 aliphatic carbocycles. The lowest BCUT2D eigenvalue weighted by Gasteiger charge is -2.19. The fourth-order valence-electron chi connectivity index (χ4n) is 2.35. The number of aromatic nitrogens is 1. The van der Waals surface area contributed by atoms with E-state index in [0.717, 1.165) is 19.4 Å². The molecule has 1 aromatic heterocycles. The predicted molar refractivity (Wildman–Crippen MR) is 65.3 cm³/mol. The molecule has 0 spiro atoms. The van der Waals surface area contributed by atoms with Crippen LogP contribution in [0.3, 0.4) is 0 Å². The second-order valence-electron chi connectivity index (χ2n) is 4.80. The fraction of sp³-hybridized carbons (Fsp3) is 0.750. The summed E-state index contributed by atoms with van der Waals surface area (Å²) in [5.41, 5.74) is 7.13. The zero-order valence-electron chi connectivity index (χ0n) is 9.46. The summed E-state index contributed by atoms with van der Waals surface area (Å²) < 4.78 is 0. The molecule has 84 valence electrons. The summed E-state index contributed by atoms with van der Waals surface area (Å²) in [5, 5.41) is 3.57. The molecule has 0 radical (unpaired) electrons. The third kappa shape index (κ3) is 2.40. The zero-order valence-corrected chi connectivity index (χ0v) is 10.3. The Morgan fingerprint density at radius 2 is 2.20 bits per heavy atom. The Hall–Kier alpha value is -0.410. The number of hydrogen-bond donors (Lipinski definition) is 1. The smallest absolute Gasteiger partial charge is 0.0987 e. The van der Waals surface area contributed by atoms with Gasteiger partial charge in [-0.05, 0) is 32.2 Å². The van der Waals surface area contributed by atoms with Crippen LogP contribution < -0.4 is 5.73 Å². The molecular formula is C12H20N2S. The summed E-state index contributed by atoms with van der Waals surface area (Å²) in [6, 6.07) is 0. The maximum atomic E-state index is 5.51. The molecule has 0 atom stereocenters. The summed E-state index contributed by atoms with van der Waals surface area (Å²) in [6.45, 7) is 3.13. The number of nitrogens with two attached hydrogens (primary N) is 1. The number of rotatable bonds is 4. The summed E-state index contributed by atoms with van der Waals surface area (Å²) in [4.78, 5) is 4.76. The second-order valence-corrected chi connectivity index (χ2v) is 5.66.